The summed E-state index contributed by atoms with van der Waals surface area (Å²) < 4.78 is 25.2. The van der Waals surface area contributed by atoms with E-state index in [0.29, 0.717) is 6.42 Å². The first-order valence-corrected chi connectivity index (χ1v) is 4.77. The Morgan fingerprint density at radius 2 is 2.22 bits per heavy atom. The average Bonchev–Trinajstić information content (AvgIpc) is 2.19. The van der Waals surface area contributed by atoms with Crippen molar-refractivity contribution in [3.05, 3.63) is 12.2 Å². The molecule has 0 saturated carbocycles. The van der Waals surface area contributed by atoms with Gasteiger partial charge in [0.1, 0.15) is 0 Å². The van der Waals surface area contributed by atoms with E-state index in [2.05, 4.69) is 0 Å². The molecule has 50 valence electrons. The molecule has 0 spiro atoms. The van der Waals surface area contributed by atoms with Crippen molar-refractivity contribution in [3.8, 4) is 0 Å². The van der Waals surface area contributed by atoms with Gasteiger partial charge in [0, 0.05) is 0 Å². The standard InChI is InChI=1S/C6H6F2Se/c7-6(8)4-1-2-5(3-4)9-6/h1-2,4-5H,3H2. The van der Waals surface area contributed by atoms with Crippen LogP contribution in [0.25, 0.3) is 0 Å². The van der Waals surface area contributed by atoms with E-state index in [4.69, 9.17) is 0 Å². The molecule has 1 fully saturated rings. The molecule has 2 aliphatic rings. The van der Waals surface area contributed by atoms with Crippen molar-refractivity contribution in [1.29, 1.82) is 0 Å². The number of halogens is 2. The number of hydrogen-bond donors (Lipinski definition) is 0. The molecule has 0 amide bonds. The van der Waals surface area contributed by atoms with Crippen LogP contribution in [0.2, 0.25) is 4.82 Å². The summed E-state index contributed by atoms with van der Waals surface area (Å²) in [7, 11) is 0. The molecule has 0 N–H and O–H groups in total. The van der Waals surface area contributed by atoms with Crippen LogP contribution in [-0.2, 0) is 0 Å². The summed E-state index contributed by atoms with van der Waals surface area (Å²) in [5, 5.41) is 0. The molecule has 1 aliphatic carbocycles. The van der Waals surface area contributed by atoms with Crippen molar-refractivity contribution in [3.63, 3.8) is 0 Å². The second kappa shape index (κ2) is 1.58. The molecule has 0 nitrogen and oxygen atoms in total. The van der Waals surface area contributed by atoms with E-state index in [-0.39, 0.29) is 4.82 Å². The number of fused-ring (bicyclic) bond motifs is 2. The molecule has 3 heteroatoms. The zero-order chi connectivity index (χ0) is 6.48. The van der Waals surface area contributed by atoms with Gasteiger partial charge in [0.05, 0.1) is 0 Å². The third-order valence-corrected chi connectivity index (χ3v) is 4.45. The Balaban J connectivity index is 2.29. The SMILES string of the molecule is FC1(F)[Se]C2C=CC1C2. The van der Waals surface area contributed by atoms with Crippen LogP contribution in [0.15, 0.2) is 12.2 Å². The van der Waals surface area contributed by atoms with Crippen LogP contribution in [0.3, 0.4) is 0 Å². The minimum atomic E-state index is -2.31. The van der Waals surface area contributed by atoms with Crippen molar-refractivity contribution in [2.75, 3.05) is 0 Å². The monoisotopic (exact) mass is 196 g/mol. The van der Waals surface area contributed by atoms with Crippen LogP contribution in [0, 0.1) is 5.92 Å². The Kier molecular flexibility index (Phi) is 1.03. The summed E-state index contributed by atoms with van der Waals surface area (Å²) in [5.74, 6) is -0.400. The van der Waals surface area contributed by atoms with E-state index < -0.39 is 25.7 Å². The van der Waals surface area contributed by atoms with Gasteiger partial charge in [-0.05, 0) is 0 Å². The predicted molar refractivity (Wildman–Crippen MR) is 31.7 cm³/mol. The summed E-state index contributed by atoms with van der Waals surface area (Å²) >= 11 is -0.438. The minimum absolute atomic E-state index is 0.248. The van der Waals surface area contributed by atoms with Gasteiger partial charge >= 0.3 is 57.9 Å². The molecule has 0 aromatic carbocycles. The fraction of sp³-hybridized carbons (Fsp3) is 0.667. The number of hydrogen-bond acceptors (Lipinski definition) is 0. The van der Waals surface area contributed by atoms with Gasteiger partial charge in [0.2, 0.25) is 0 Å². The third-order valence-electron chi connectivity index (χ3n) is 1.78. The maximum atomic E-state index is 12.6. The Labute approximate surface area is 58.5 Å². The molecule has 1 heterocycles. The van der Waals surface area contributed by atoms with Gasteiger partial charge in [-0.3, -0.25) is 0 Å². The number of allylic oxidation sites excluding steroid dienone is 2. The van der Waals surface area contributed by atoms with E-state index in [1.807, 2.05) is 6.08 Å². The molecule has 2 rings (SSSR count). The molecule has 0 aromatic heterocycles. The normalized spacial score (nSPS) is 44.2. The molecule has 1 aliphatic heterocycles. The Bertz CT molecular complexity index is 164. The quantitative estimate of drug-likeness (QED) is 0.407. The van der Waals surface area contributed by atoms with Gasteiger partial charge in [-0.15, -0.1) is 0 Å². The Morgan fingerprint density at radius 1 is 1.44 bits per heavy atom. The molecular formula is C6H6F2Se. The van der Waals surface area contributed by atoms with Crippen LogP contribution in [0.4, 0.5) is 8.78 Å². The van der Waals surface area contributed by atoms with E-state index in [9.17, 15) is 8.78 Å². The zero-order valence-corrected chi connectivity index (χ0v) is 6.39. The Hall–Kier alpha value is 0.119. The second-order valence-electron chi connectivity index (χ2n) is 2.45. The van der Waals surface area contributed by atoms with Gasteiger partial charge in [0.15, 0.2) is 0 Å². The first-order valence-electron chi connectivity index (χ1n) is 2.92. The van der Waals surface area contributed by atoms with E-state index in [1.165, 1.54) is 0 Å². The fourth-order valence-corrected chi connectivity index (χ4v) is 3.86. The van der Waals surface area contributed by atoms with Crippen LogP contribution < -0.4 is 0 Å². The average molecular weight is 195 g/mol. The van der Waals surface area contributed by atoms with Crippen molar-refractivity contribution < 1.29 is 8.78 Å². The van der Waals surface area contributed by atoms with E-state index in [0.717, 1.165) is 0 Å². The first-order chi connectivity index (χ1) is 4.18. The molecule has 2 bridgehead atoms. The van der Waals surface area contributed by atoms with Crippen LogP contribution in [0.5, 0.6) is 0 Å². The Morgan fingerprint density at radius 3 is 2.44 bits per heavy atom. The summed E-state index contributed by atoms with van der Waals surface area (Å²) in [5.41, 5.74) is 0. The summed E-state index contributed by atoms with van der Waals surface area (Å²) in [6.45, 7) is 0. The molecule has 1 saturated heterocycles. The third kappa shape index (κ3) is 0.751. The molecule has 0 radical (unpaired) electrons. The summed E-state index contributed by atoms with van der Waals surface area (Å²) in [6, 6.07) is 0. The molecule has 9 heavy (non-hydrogen) atoms. The van der Waals surface area contributed by atoms with Crippen molar-refractivity contribution in [2.45, 2.75) is 16.1 Å². The molecule has 0 aromatic rings. The van der Waals surface area contributed by atoms with Gasteiger partial charge in [-0.1, -0.05) is 0 Å². The predicted octanol–water partition coefficient (Wildman–Crippen LogP) is 1.66. The van der Waals surface area contributed by atoms with Crippen LogP contribution >= 0.6 is 0 Å². The van der Waals surface area contributed by atoms with Crippen molar-refractivity contribution >= 4 is 15.0 Å². The van der Waals surface area contributed by atoms with Gasteiger partial charge in [0.25, 0.3) is 0 Å². The van der Waals surface area contributed by atoms with Crippen molar-refractivity contribution in [2.24, 2.45) is 5.92 Å². The molecule has 2 unspecified atom stereocenters. The first kappa shape index (κ1) is 5.87. The number of alkyl halides is 2. The van der Waals surface area contributed by atoms with Gasteiger partial charge in [-0.25, -0.2) is 0 Å². The van der Waals surface area contributed by atoms with Gasteiger partial charge in [-0.2, -0.15) is 0 Å². The fourth-order valence-electron chi connectivity index (χ4n) is 1.29. The van der Waals surface area contributed by atoms with Crippen LogP contribution in [0.1, 0.15) is 6.42 Å². The maximum absolute atomic E-state index is 12.6. The summed E-state index contributed by atoms with van der Waals surface area (Å²) in [6.07, 6.45) is 4.34. The van der Waals surface area contributed by atoms with E-state index in [1.54, 1.807) is 6.08 Å². The zero-order valence-electron chi connectivity index (χ0n) is 4.68. The van der Waals surface area contributed by atoms with Crippen molar-refractivity contribution in [1.82, 2.24) is 0 Å². The number of rotatable bonds is 0. The summed E-state index contributed by atoms with van der Waals surface area (Å²) in [4.78, 5) is -2.07. The molecular weight excluding hydrogens is 189 g/mol. The topological polar surface area (TPSA) is 0 Å². The van der Waals surface area contributed by atoms with Crippen LogP contribution in [-0.4, -0.2) is 19.8 Å². The molecule has 2 atom stereocenters. The van der Waals surface area contributed by atoms with E-state index >= 15 is 0 Å². The second-order valence-corrected chi connectivity index (χ2v) is 5.35. The van der Waals surface area contributed by atoms with Gasteiger partial charge < -0.3 is 0 Å².